The van der Waals surface area contributed by atoms with Crippen LogP contribution in [-0.2, 0) is 25.7 Å². The second-order valence-corrected chi connectivity index (χ2v) is 7.32. The minimum Gasteiger partial charge on any atom is -0.213 e. The van der Waals surface area contributed by atoms with E-state index in [2.05, 4.69) is 52.8 Å². The molecule has 0 aliphatic heterocycles. The molecule has 138 valence electrons. The molecule has 0 atom stereocenters. The van der Waals surface area contributed by atoms with Crippen molar-refractivity contribution in [2.75, 3.05) is 0 Å². The Labute approximate surface area is 163 Å². The number of rotatable bonds is 2. The summed E-state index contributed by atoms with van der Waals surface area (Å²) in [6, 6.07) is 22.1. The highest BCUT2D eigenvalue weighted by Crippen LogP contribution is 2.29. The van der Waals surface area contributed by atoms with Crippen molar-refractivity contribution in [2.45, 2.75) is 25.7 Å². The van der Waals surface area contributed by atoms with Gasteiger partial charge in [0, 0.05) is 5.56 Å². The van der Waals surface area contributed by atoms with E-state index in [-0.39, 0.29) is 5.82 Å². The Hall–Kier alpha value is -3.27. The van der Waals surface area contributed by atoms with Crippen molar-refractivity contribution in [3.8, 4) is 16.9 Å². The molecule has 3 aromatic carbocycles. The first-order valence-corrected chi connectivity index (χ1v) is 9.63. The van der Waals surface area contributed by atoms with E-state index >= 15 is 0 Å². The smallest absolute Gasteiger partial charge is 0.123 e. The van der Waals surface area contributed by atoms with Gasteiger partial charge in [-0.1, -0.05) is 41.6 Å². The molecule has 0 saturated carbocycles. The van der Waals surface area contributed by atoms with Gasteiger partial charge in [-0.2, -0.15) is 0 Å². The standard InChI is InChI=1S/C24H20FN3/c25-21-11-13-22(14-12-21)28-24(16-26-27-28)23-15-19-6-5-17-1-3-18(4-2-17)7-9-20(23)10-8-19/h1-4,8,10-16H,5-7,9H2. The lowest BCUT2D eigenvalue weighted by Gasteiger charge is -2.15. The molecule has 0 fully saturated rings. The van der Waals surface area contributed by atoms with Gasteiger partial charge in [-0.05, 0) is 78.3 Å². The maximum Gasteiger partial charge on any atom is 0.123 e. The molecule has 1 heterocycles. The first-order valence-electron chi connectivity index (χ1n) is 9.63. The lowest BCUT2D eigenvalue weighted by molar-refractivity contribution is 0.627. The summed E-state index contributed by atoms with van der Waals surface area (Å²) in [7, 11) is 0. The van der Waals surface area contributed by atoms with Crippen LogP contribution in [0.25, 0.3) is 16.9 Å². The van der Waals surface area contributed by atoms with Gasteiger partial charge in [0.05, 0.1) is 17.6 Å². The van der Waals surface area contributed by atoms with Crippen LogP contribution in [-0.4, -0.2) is 15.0 Å². The van der Waals surface area contributed by atoms with E-state index in [1.807, 2.05) is 0 Å². The van der Waals surface area contributed by atoms with E-state index < -0.39 is 0 Å². The van der Waals surface area contributed by atoms with E-state index in [0.717, 1.165) is 42.6 Å². The fourth-order valence-corrected chi connectivity index (χ4v) is 3.87. The number of nitrogens with zero attached hydrogens (tertiary/aromatic N) is 3. The first-order chi connectivity index (χ1) is 13.8. The SMILES string of the molecule is Fc1ccc(-n2nncc2-c2cc3ccc2CCc2ccc(cc2)CC3)cc1. The van der Waals surface area contributed by atoms with Crippen molar-refractivity contribution < 1.29 is 4.39 Å². The molecule has 28 heavy (non-hydrogen) atoms. The zero-order valence-electron chi connectivity index (χ0n) is 15.5. The summed E-state index contributed by atoms with van der Waals surface area (Å²) in [6.45, 7) is 0. The maximum absolute atomic E-state index is 13.3. The monoisotopic (exact) mass is 369 g/mol. The van der Waals surface area contributed by atoms with Crippen LogP contribution in [0.4, 0.5) is 4.39 Å². The second-order valence-electron chi connectivity index (χ2n) is 7.32. The van der Waals surface area contributed by atoms with Crippen LogP contribution in [0.15, 0.2) is 72.9 Å². The predicted molar refractivity (Wildman–Crippen MR) is 108 cm³/mol. The van der Waals surface area contributed by atoms with Gasteiger partial charge in [0.25, 0.3) is 0 Å². The summed E-state index contributed by atoms with van der Waals surface area (Å²) in [5.41, 5.74) is 8.20. The third kappa shape index (κ3) is 3.22. The third-order valence-electron chi connectivity index (χ3n) is 5.48. The fraction of sp³-hybridized carbons (Fsp3) is 0.167. The van der Waals surface area contributed by atoms with Crippen molar-refractivity contribution >= 4 is 0 Å². The van der Waals surface area contributed by atoms with E-state index in [1.165, 1.54) is 34.4 Å². The van der Waals surface area contributed by atoms with E-state index in [4.69, 9.17) is 0 Å². The van der Waals surface area contributed by atoms with Crippen molar-refractivity contribution in [3.63, 3.8) is 0 Å². The summed E-state index contributed by atoms with van der Waals surface area (Å²) >= 11 is 0. The van der Waals surface area contributed by atoms with Crippen LogP contribution in [0.5, 0.6) is 0 Å². The summed E-state index contributed by atoms with van der Waals surface area (Å²) in [5, 5.41) is 8.42. The summed E-state index contributed by atoms with van der Waals surface area (Å²) in [4.78, 5) is 0. The number of hydrogen-bond donors (Lipinski definition) is 0. The minimum absolute atomic E-state index is 0.256. The largest absolute Gasteiger partial charge is 0.213 e. The van der Waals surface area contributed by atoms with Crippen LogP contribution in [0, 0.1) is 5.82 Å². The molecule has 8 rings (SSSR count). The van der Waals surface area contributed by atoms with E-state index in [0.29, 0.717) is 0 Å². The van der Waals surface area contributed by atoms with Gasteiger partial charge in [0.2, 0.25) is 0 Å². The van der Waals surface area contributed by atoms with Crippen LogP contribution in [0.2, 0.25) is 0 Å². The van der Waals surface area contributed by atoms with Crippen LogP contribution in [0.1, 0.15) is 22.3 Å². The number of hydrogen-bond acceptors (Lipinski definition) is 2. The lowest BCUT2D eigenvalue weighted by Crippen LogP contribution is -2.04. The highest BCUT2D eigenvalue weighted by atomic mass is 19.1. The first kappa shape index (κ1) is 16.9. The van der Waals surface area contributed by atoms with Crippen molar-refractivity contribution in [1.29, 1.82) is 0 Å². The molecule has 0 saturated heterocycles. The molecule has 0 unspecified atom stereocenters. The van der Waals surface area contributed by atoms with Gasteiger partial charge in [0.15, 0.2) is 0 Å². The average Bonchev–Trinajstić information content (AvgIpc) is 3.20. The molecule has 4 heteroatoms. The third-order valence-corrected chi connectivity index (χ3v) is 5.48. The Bertz CT molecular complexity index is 1110. The highest BCUT2D eigenvalue weighted by molar-refractivity contribution is 5.66. The van der Waals surface area contributed by atoms with Gasteiger partial charge in [-0.25, -0.2) is 9.07 Å². The Morgan fingerprint density at radius 3 is 2.11 bits per heavy atom. The molecular weight excluding hydrogens is 349 g/mol. The van der Waals surface area contributed by atoms with Crippen molar-refractivity contribution in [3.05, 3.63) is 101 Å². The molecule has 4 aromatic rings. The summed E-state index contributed by atoms with van der Waals surface area (Å²) in [6.07, 6.45) is 5.75. The quantitative estimate of drug-likeness (QED) is 0.500. The second kappa shape index (κ2) is 7.04. The van der Waals surface area contributed by atoms with Crippen molar-refractivity contribution in [1.82, 2.24) is 15.0 Å². The topological polar surface area (TPSA) is 30.7 Å². The van der Waals surface area contributed by atoms with Gasteiger partial charge in [-0.3, -0.25) is 0 Å². The van der Waals surface area contributed by atoms with E-state index in [1.54, 1.807) is 23.0 Å². The van der Waals surface area contributed by atoms with Crippen molar-refractivity contribution in [2.24, 2.45) is 0 Å². The van der Waals surface area contributed by atoms with E-state index in [9.17, 15) is 4.39 Å². The molecular formula is C24H20FN3. The number of aromatic nitrogens is 3. The molecule has 3 nitrogen and oxygen atoms in total. The van der Waals surface area contributed by atoms with Crippen LogP contribution in [0.3, 0.4) is 0 Å². The van der Waals surface area contributed by atoms with Crippen LogP contribution >= 0.6 is 0 Å². The van der Waals surface area contributed by atoms with Gasteiger partial charge >= 0.3 is 0 Å². The molecule has 0 amide bonds. The fourth-order valence-electron chi connectivity index (χ4n) is 3.87. The van der Waals surface area contributed by atoms with Gasteiger partial charge < -0.3 is 0 Å². The zero-order chi connectivity index (χ0) is 18.9. The Balaban J connectivity index is 1.60. The molecule has 0 N–H and O–H groups in total. The maximum atomic E-state index is 13.3. The van der Waals surface area contributed by atoms with Gasteiger partial charge in [-0.15, -0.1) is 5.10 Å². The molecule has 4 bridgehead atoms. The molecule has 1 aromatic heterocycles. The normalized spacial score (nSPS) is 13.3. The lowest BCUT2D eigenvalue weighted by atomic mass is 9.92. The molecule has 0 spiro atoms. The predicted octanol–water partition coefficient (Wildman–Crippen LogP) is 4.96. The zero-order valence-corrected chi connectivity index (χ0v) is 15.5. The Morgan fingerprint density at radius 2 is 1.36 bits per heavy atom. The summed E-state index contributed by atoms with van der Waals surface area (Å²) < 4.78 is 15.1. The average molecular weight is 369 g/mol. The number of aryl methyl sites for hydroxylation is 4. The number of halogens is 1. The molecule has 4 aliphatic rings. The Morgan fingerprint density at radius 1 is 0.714 bits per heavy atom. The Kier molecular flexibility index (Phi) is 4.24. The summed E-state index contributed by atoms with van der Waals surface area (Å²) in [5.74, 6) is -0.256. The minimum atomic E-state index is -0.256. The van der Waals surface area contributed by atoms with Crippen LogP contribution < -0.4 is 0 Å². The van der Waals surface area contributed by atoms with Gasteiger partial charge in [0.1, 0.15) is 5.82 Å². The molecule has 0 radical (unpaired) electrons. The highest BCUT2D eigenvalue weighted by Gasteiger charge is 2.15. The number of benzene rings is 3. The molecule has 4 aliphatic carbocycles.